The van der Waals surface area contributed by atoms with E-state index in [0.29, 0.717) is 10.7 Å². The summed E-state index contributed by atoms with van der Waals surface area (Å²) in [6.07, 6.45) is 0. The minimum Gasteiger partial charge on any atom is -0.375 e. The third-order valence-corrected chi connectivity index (χ3v) is 3.12. The minimum atomic E-state index is -0.327. The molecule has 1 aromatic carbocycles. The summed E-state index contributed by atoms with van der Waals surface area (Å²) in [5, 5.41) is 4.67. The highest BCUT2D eigenvalue weighted by molar-refractivity contribution is 7.13. The molecule has 0 fully saturated rings. The average Bonchev–Trinajstić information content (AvgIpc) is 2.76. The van der Waals surface area contributed by atoms with Gasteiger partial charge in [-0.3, -0.25) is 4.79 Å². The third-order valence-electron chi connectivity index (χ3n) is 2.45. The van der Waals surface area contributed by atoms with Gasteiger partial charge in [-0.05, 0) is 24.6 Å². The van der Waals surface area contributed by atoms with E-state index in [9.17, 15) is 9.18 Å². The highest BCUT2D eigenvalue weighted by Gasteiger charge is 2.14. The highest BCUT2D eigenvalue weighted by atomic mass is 32.1. The van der Waals surface area contributed by atoms with Crippen molar-refractivity contribution >= 4 is 22.4 Å². The predicted octanol–water partition coefficient (Wildman–Crippen LogP) is 2.36. The fourth-order valence-electron chi connectivity index (χ4n) is 1.52. The predicted molar refractivity (Wildman–Crippen MR) is 68.8 cm³/mol. The normalized spacial score (nSPS) is 12.1. The van der Waals surface area contributed by atoms with Crippen molar-refractivity contribution in [3.63, 3.8) is 0 Å². The van der Waals surface area contributed by atoms with Crippen LogP contribution >= 0.6 is 11.3 Å². The lowest BCUT2D eigenvalue weighted by Gasteiger charge is -2.13. The summed E-state index contributed by atoms with van der Waals surface area (Å²) in [6, 6.07) is 5.81. The number of hydrogen-bond acceptors (Lipinski definition) is 4. The lowest BCUT2D eigenvalue weighted by Crippen LogP contribution is -2.27. The summed E-state index contributed by atoms with van der Waals surface area (Å²) >= 11 is 1.20. The molecule has 18 heavy (non-hydrogen) atoms. The zero-order valence-corrected chi connectivity index (χ0v) is 10.5. The number of benzene rings is 1. The Hall–Kier alpha value is -1.95. The molecule has 0 saturated carbocycles. The number of nitrogens with two attached hydrogens (primary N) is 1. The van der Waals surface area contributed by atoms with E-state index in [2.05, 4.69) is 10.3 Å². The fraction of sp³-hybridized carbons (Fsp3) is 0.167. The fourth-order valence-corrected chi connectivity index (χ4v) is 2.06. The number of aromatic nitrogens is 1. The number of anilines is 1. The second kappa shape index (κ2) is 5.14. The monoisotopic (exact) mass is 265 g/mol. The van der Waals surface area contributed by atoms with Crippen LogP contribution in [0.4, 0.5) is 9.52 Å². The maximum absolute atomic E-state index is 13.1. The van der Waals surface area contributed by atoms with E-state index < -0.39 is 0 Å². The summed E-state index contributed by atoms with van der Waals surface area (Å²) in [6.45, 7) is 1.78. The molecule has 1 atom stereocenters. The van der Waals surface area contributed by atoms with Crippen LogP contribution in [-0.2, 0) is 0 Å². The molecule has 94 valence electrons. The molecule has 0 aliphatic carbocycles. The van der Waals surface area contributed by atoms with Crippen molar-refractivity contribution in [1.82, 2.24) is 10.3 Å². The van der Waals surface area contributed by atoms with Gasteiger partial charge in [0.25, 0.3) is 5.91 Å². The Bertz CT molecular complexity index is 570. The van der Waals surface area contributed by atoms with Gasteiger partial charge in [-0.15, -0.1) is 11.3 Å². The molecule has 0 saturated heterocycles. The summed E-state index contributed by atoms with van der Waals surface area (Å²) < 4.78 is 13.1. The van der Waals surface area contributed by atoms with Crippen molar-refractivity contribution in [2.24, 2.45) is 0 Å². The Morgan fingerprint density at radius 1 is 1.56 bits per heavy atom. The van der Waals surface area contributed by atoms with Gasteiger partial charge in [-0.1, -0.05) is 12.1 Å². The minimum absolute atomic E-state index is 0.278. The van der Waals surface area contributed by atoms with Gasteiger partial charge in [0, 0.05) is 5.38 Å². The molecule has 2 rings (SSSR count). The van der Waals surface area contributed by atoms with Crippen LogP contribution in [0.2, 0.25) is 0 Å². The molecule has 0 spiro atoms. The van der Waals surface area contributed by atoms with E-state index in [1.165, 1.54) is 23.5 Å². The first kappa shape index (κ1) is 12.5. The van der Waals surface area contributed by atoms with Gasteiger partial charge in [0.05, 0.1) is 6.04 Å². The Labute approximate surface area is 108 Å². The molecule has 1 aromatic heterocycles. The van der Waals surface area contributed by atoms with Gasteiger partial charge in [-0.25, -0.2) is 9.37 Å². The van der Waals surface area contributed by atoms with Crippen molar-refractivity contribution in [2.75, 3.05) is 5.73 Å². The smallest absolute Gasteiger partial charge is 0.271 e. The molecule has 3 N–H and O–H groups in total. The van der Waals surface area contributed by atoms with Gasteiger partial charge in [0.2, 0.25) is 0 Å². The third kappa shape index (κ3) is 2.84. The van der Waals surface area contributed by atoms with Crippen LogP contribution in [0, 0.1) is 5.82 Å². The zero-order valence-electron chi connectivity index (χ0n) is 9.68. The first-order valence-electron chi connectivity index (χ1n) is 5.33. The number of hydrogen-bond donors (Lipinski definition) is 2. The first-order valence-corrected chi connectivity index (χ1v) is 6.21. The standard InChI is InChI=1S/C12H12FN3OS/c1-7(8-3-2-4-9(13)5-8)15-11(17)10-6-18-12(14)16-10/h2-7H,1H3,(H2,14,16)(H,15,17)/t7-/m1/s1. The molecule has 0 bridgehead atoms. The molecule has 1 heterocycles. The molecular formula is C12H12FN3OS. The number of carbonyl (C=O) groups is 1. The summed E-state index contributed by atoms with van der Waals surface area (Å²) in [5.74, 6) is -0.647. The number of nitrogens with zero attached hydrogens (tertiary/aromatic N) is 1. The topological polar surface area (TPSA) is 68.0 Å². The molecule has 6 heteroatoms. The lowest BCUT2D eigenvalue weighted by molar-refractivity contribution is 0.0935. The van der Waals surface area contributed by atoms with Gasteiger partial charge >= 0.3 is 0 Å². The van der Waals surface area contributed by atoms with E-state index in [1.807, 2.05) is 0 Å². The van der Waals surface area contributed by atoms with Crippen molar-refractivity contribution in [1.29, 1.82) is 0 Å². The quantitative estimate of drug-likeness (QED) is 0.895. The second-order valence-corrected chi connectivity index (χ2v) is 4.71. The van der Waals surface area contributed by atoms with Crippen LogP contribution < -0.4 is 11.1 Å². The highest BCUT2D eigenvalue weighted by Crippen LogP contribution is 2.15. The van der Waals surface area contributed by atoms with Gasteiger partial charge in [0.1, 0.15) is 11.5 Å². The molecular weight excluding hydrogens is 253 g/mol. The lowest BCUT2D eigenvalue weighted by atomic mass is 10.1. The Morgan fingerprint density at radius 2 is 2.33 bits per heavy atom. The molecule has 0 radical (unpaired) electrons. The molecule has 2 aromatic rings. The summed E-state index contributed by atoms with van der Waals surface area (Å²) in [5.41, 5.74) is 6.43. The maximum Gasteiger partial charge on any atom is 0.271 e. The van der Waals surface area contributed by atoms with Crippen LogP contribution in [0.3, 0.4) is 0 Å². The first-order chi connectivity index (χ1) is 8.56. The second-order valence-electron chi connectivity index (χ2n) is 3.82. The average molecular weight is 265 g/mol. The van der Waals surface area contributed by atoms with Crippen LogP contribution in [0.1, 0.15) is 29.0 Å². The number of thiazole rings is 1. The SMILES string of the molecule is C[C@@H](NC(=O)c1csc(N)n1)c1cccc(F)c1. The Balaban J connectivity index is 2.07. The van der Waals surface area contributed by atoms with Crippen molar-refractivity contribution < 1.29 is 9.18 Å². The van der Waals surface area contributed by atoms with Gasteiger partial charge in [0.15, 0.2) is 5.13 Å². The Kier molecular flexibility index (Phi) is 3.57. The van der Waals surface area contributed by atoms with Gasteiger partial charge in [-0.2, -0.15) is 0 Å². The molecule has 1 amide bonds. The summed E-state index contributed by atoms with van der Waals surface area (Å²) in [4.78, 5) is 15.7. The number of amides is 1. The van der Waals surface area contributed by atoms with Crippen LogP contribution in [0.15, 0.2) is 29.6 Å². The maximum atomic E-state index is 13.1. The van der Waals surface area contributed by atoms with Crippen LogP contribution in [-0.4, -0.2) is 10.9 Å². The number of carbonyl (C=O) groups excluding carboxylic acids is 1. The molecule has 0 aliphatic rings. The van der Waals surface area contributed by atoms with Gasteiger partial charge < -0.3 is 11.1 Å². The van der Waals surface area contributed by atoms with Crippen LogP contribution in [0.25, 0.3) is 0 Å². The molecule has 0 unspecified atom stereocenters. The zero-order chi connectivity index (χ0) is 13.1. The molecule has 0 aliphatic heterocycles. The number of rotatable bonds is 3. The summed E-state index contributed by atoms with van der Waals surface area (Å²) in [7, 11) is 0. The number of nitrogen functional groups attached to an aromatic ring is 1. The van der Waals surface area contributed by atoms with E-state index in [-0.39, 0.29) is 23.5 Å². The van der Waals surface area contributed by atoms with E-state index in [1.54, 1.807) is 24.4 Å². The Morgan fingerprint density at radius 3 is 2.94 bits per heavy atom. The number of halogens is 1. The van der Waals surface area contributed by atoms with E-state index in [0.717, 1.165) is 0 Å². The van der Waals surface area contributed by atoms with Crippen molar-refractivity contribution in [3.05, 3.63) is 46.7 Å². The van der Waals surface area contributed by atoms with Crippen LogP contribution in [0.5, 0.6) is 0 Å². The molecule has 4 nitrogen and oxygen atoms in total. The van der Waals surface area contributed by atoms with Crippen molar-refractivity contribution in [2.45, 2.75) is 13.0 Å². The number of nitrogens with one attached hydrogen (secondary N) is 1. The van der Waals surface area contributed by atoms with E-state index in [4.69, 9.17) is 5.73 Å². The largest absolute Gasteiger partial charge is 0.375 e. The van der Waals surface area contributed by atoms with E-state index >= 15 is 0 Å². The van der Waals surface area contributed by atoms with Crippen molar-refractivity contribution in [3.8, 4) is 0 Å².